The minimum absolute atomic E-state index is 0.0677. The predicted molar refractivity (Wildman–Crippen MR) is 83.9 cm³/mol. The summed E-state index contributed by atoms with van der Waals surface area (Å²) >= 11 is 1.75. The minimum atomic E-state index is -3.01. The summed E-state index contributed by atoms with van der Waals surface area (Å²) in [7, 11) is -1.06. The van der Waals surface area contributed by atoms with Gasteiger partial charge in [0.2, 0.25) is 0 Å². The normalized spacial score (nSPS) is 32.6. The zero-order valence-electron chi connectivity index (χ0n) is 12.4. The first-order chi connectivity index (χ1) is 9.53. The Kier molecular flexibility index (Phi) is 5.76. The Morgan fingerprint density at radius 2 is 2.30 bits per heavy atom. The Hall–Kier alpha value is 0.180. The molecule has 0 aromatic carbocycles. The molecule has 0 saturated carbocycles. The minimum Gasteiger partial charge on any atom is -0.381 e. The summed E-state index contributed by atoms with van der Waals surface area (Å²) in [6.07, 6.45) is 1.01. The van der Waals surface area contributed by atoms with E-state index in [0.717, 1.165) is 45.0 Å². The lowest BCUT2D eigenvalue weighted by Crippen LogP contribution is -2.53. The van der Waals surface area contributed by atoms with Crippen LogP contribution < -0.4 is 5.32 Å². The van der Waals surface area contributed by atoms with Gasteiger partial charge < -0.3 is 10.1 Å². The first-order valence-electron chi connectivity index (χ1n) is 7.29. The molecule has 0 aromatic heterocycles. The average molecular weight is 322 g/mol. The molecule has 0 radical (unpaired) electrons. The summed E-state index contributed by atoms with van der Waals surface area (Å²) in [5, 5.41) is 2.93. The molecule has 7 heteroatoms. The fourth-order valence-electron chi connectivity index (χ4n) is 3.09. The SMILES string of the molecule is CCS(=O)(=O)C1CSCCN1CC1(CNC)CCOC1. The highest BCUT2D eigenvalue weighted by atomic mass is 32.2. The molecular weight excluding hydrogens is 296 g/mol. The van der Waals surface area contributed by atoms with Crippen LogP contribution in [0.25, 0.3) is 0 Å². The van der Waals surface area contributed by atoms with Gasteiger partial charge in [-0.2, -0.15) is 11.8 Å². The molecule has 2 aliphatic rings. The van der Waals surface area contributed by atoms with Gasteiger partial charge in [0.1, 0.15) is 5.37 Å². The van der Waals surface area contributed by atoms with Crippen molar-refractivity contribution in [3.63, 3.8) is 0 Å². The number of nitrogens with zero attached hydrogens (tertiary/aromatic N) is 1. The number of thioether (sulfide) groups is 1. The molecule has 2 atom stereocenters. The van der Waals surface area contributed by atoms with Crippen molar-refractivity contribution in [2.75, 3.05) is 57.2 Å². The van der Waals surface area contributed by atoms with Gasteiger partial charge in [-0.15, -0.1) is 0 Å². The molecule has 0 aliphatic carbocycles. The third-order valence-electron chi connectivity index (χ3n) is 4.28. The lowest BCUT2D eigenvalue weighted by atomic mass is 9.86. The van der Waals surface area contributed by atoms with Crippen molar-refractivity contribution >= 4 is 21.6 Å². The lowest BCUT2D eigenvalue weighted by Gasteiger charge is -2.40. The van der Waals surface area contributed by atoms with E-state index in [0.29, 0.717) is 5.75 Å². The van der Waals surface area contributed by atoms with Gasteiger partial charge in [0.15, 0.2) is 9.84 Å². The van der Waals surface area contributed by atoms with Crippen LogP contribution in [0.15, 0.2) is 0 Å². The second-order valence-corrected chi connectivity index (χ2v) is 9.38. The van der Waals surface area contributed by atoms with Crippen LogP contribution in [-0.4, -0.2) is 75.8 Å². The van der Waals surface area contributed by atoms with Gasteiger partial charge in [-0.3, -0.25) is 4.90 Å². The van der Waals surface area contributed by atoms with E-state index in [2.05, 4.69) is 10.2 Å². The highest BCUT2D eigenvalue weighted by Gasteiger charge is 2.41. The van der Waals surface area contributed by atoms with Gasteiger partial charge in [-0.05, 0) is 13.5 Å². The second kappa shape index (κ2) is 6.96. The van der Waals surface area contributed by atoms with Crippen molar-refractivity contribution in [1.29, 1.82) is 0 Å². The molecule has 0 spiro atoms. The summed E-state index contributed by atoms with van der Waals surface area (Å²) < 4.78 is 30.2. The van der Waals surface area contributed by atoms with Crippen molar-refractivity contribution in [2.24, 2.45) is 5.41 Å². The highest BCUT2D eigenvalue weighted by Crippen LogP contribution is 2.32. The quantitative estimate of drug-likeness (QED) is 0.765. The molecule has 0 amide bonds. The molecule has 118 valence electrons. The maximum atomic E-state index is 12.3. The standard InChI is InChI=1S/C13H26N2O3S2/c1-3-20(16,17)12-8-19-7-5-15(12)10-13(9-14-2)4-6-18-11-13/h12,14H,3-11H2,1-2H3. The first kappa shape index (κ1) is 16.5. The van der Waals surface area contributed by atoms with Crippen LogP contribution in [0.2, 0.25) is 0 Å². The van der Waals surface area contributed by atoms with Crippen molar-refractivity contribution < 1.29 is 13.2 Å². The molecule has 0 bridgehead atoms. The average Bonchev–Trinajstić information content (AvgIpc) is 2.88. The van der Waals surface area contributed by atoms with E-state index in [1.165, 1.54) is 0 Å². The van der Waals surface area contributed by atoms with Gasteiger partial charge in [0, 0.05) is 48.9 Å². The summed E-state index contributed by atoms with van der Waals surface area (Å²) in [6.45, 7) is 5.83. The molecule has 2 fully saturated rings. The Morgan fingerprint density at radius 3 is 2.90 bits per heavy atom. The molecule has 2 unspecified atom stereocenters. The largest absolute Gasteiger partial charge is 0.381 e. The number of hydrogen-bond donors (Lipinski definition) is 1. The van der Waals surface area contributed by atoms with Crippen molar-refractivity contribution in [3.8, 4) is 0 Å². The molecule has 0 aromatic rings. The maximum absolute atomic E-state index is 12.3. The van der Waals surface area contributed by atoms with Crippen LogP contribution in [0.5, 0.6) is 0 Å². The Morgan fingerprint density at radius 1 is 1.50 bits per heavy atom. The molecular formula is C13H26N2O3S2. The molecule has 5 nitrogen and oxygen atoms in total. The predicted octanol–water partition coefficient (Wildman–Crippen LogP) is 0.422. The van der Waals surface area contributed by atoms with Gasteiger partial charge in [0.25, 0.3) is 0 Å². The highest BCUT2D eigenvalue weighted by molar-refractivity contribution is 8.01. The van der Waals surface area contributed by atoms with Crippen molar-refractivity contribution in [1.82, 2.24) is 10.2 Å². The fraction of sp³-hybridized carbons (Fsp3) is 1.00. The monoisotopic (exact) mass is 322 g/mol. The Bertz CT molecular complexity index is 408. The maximum Gasteiger partial charge on any atom is 0.166 e. The summed E-state index contributed by atoms with van der Waals surface area (Å²) in [5.41, 5.74) is 0.0677. The zero-order chi connectivity index (χ0) is 14.6. The fourth-order valence-corrected chi connectivity index (χ4v) is 6.17. The van der Waals surface area contributed by atoms with Gasteiger partial charge in [-0.25, -0.2) is 8.42 Å². The summed E-state index contributed by atoms with van der Waals surface area (Å²) in [4.78, 5) is 2.18. The van der Waals surface area contributed by atoms with Crippen LogP contribution in [0, 0.1) is 5.41 Å². The van der Waals surface area contributed by atoms with Crippen LogP contribution in [0.1, 0.15) is 13.3 Å². The number of rotatable bonds is 6. The van der Waals surface area contributed by atoms with E-state index in [1.54, 1.807) is 18.7 Å². The molecule has 2 saturated heterocycles. The van der Waals surface area contributed by atoms with E-state index in [-0.39, 0.29) is 16.5 Å². The van der Waals surface area contributed by atoms with Crippen molar-refractivity contribution in [3.05, 3.63) is 0 Å². The van der Waals surface area contributed by atoms with Gasteiger partial charge in [-0.1, -0.05) is 6.92 Å². The van der Waals surface area contributed by atoms with E-state index in [1.807, 2.05) is 7.05 Å². The first-order valence-corrected chi connectivity index (χ1v) is 10.2. The van der Waals surface area contributed by atoms with E-state index in [4.69, 9.17) is 4.74 Å². The number of nitrogens with one attached hydrogen (secondary N) is 1. The van der Waals surface area contributed by atoms with Crippen LogP contribution >= 0.6 is 11.8 Å². The van der Waals surface area contributed by atoms with E-state index in [9.17, 15) is 8.42 Å². The van der Waals surface area contributed by atoms with Crippen LogP contribution in [0.4, 0.5) is 0 Å². The Balaban J connectivity index is 2.12. The number of ether oxygens (including phenoxy) is 1. The van der Waals surface area contributed by atoms with Crippen LogP contribution in [0.3, 0.4) is 0 Å². The molecule has 2 heterocycles. The topological polar surface area (TPSA) is 58.6 Å². The van der Waals surface area contributed by atoms with Crippen LogP contribution in [-0.2, 0) is 14.6 Å². The third kappa shape index (κ3) is 3.68. The third-order valence-corrected chi connectivity index (χ3v) is 7.62. The molecule has 2 rings (SSSR count). The molecule has 1 N–H and O–H groups in total. The van der Waals surface area contributed by atoms with Gasteiger partial charge >= 0.3 is 0 Å². The van der Waals surface area contributed by atoms with Gasteiger partial charge in [0.05, 0.1) is 6.61 Å². The second-order valence-electron chi connectivity index (χ2n) is 5.78. The summed E-state index contributed by atoms with van der Waals surface area (Å²) in [6, 6.07) is 0. The Labute approximate surface area is 126 Å². The van der Waals surface area contributed by atoms with E-state index < -0.39 is 9.84 Å². The number of sulfone groups is 1. The molecule has 20 heavy (non-hydrogen) atoms. The van der Waals surface area contributed by atoms with E-state index >= 15 is 0 Å². The van der Waals surface area contributed by atoms with Crippen molar-refractivity contribution in [2.45, 2.75) is 18.7 Å². The lowest BCUT2D eigenvalue weighted by molar-refractivity contribution is 0.108. The summed E-state index contributed by atoms with van der Waals surface area (Å²) in [5.74, 6) is 1.95. The molecule has 2 aliphatic heterocycles. The zero-order valence-corrected chi connectivity index (χ0v) is 14.1. The number of hydrogen-bond acceptors (Lipinski definition) is 6. The smallest absolute Gasteiger partial charge is 0.166 e.